The molecule has 3 unspecified atom stereocenters. The Bertz CT molecular complexity index is 335. The van der Waals surface area contributed by atoms with E-state index >= 15 is 0 Å². The molecule has 1 rings (SSSR count). The number of carbonyl (C=O) groups is 1. The maximum atomic E-state index is 12.2. The first-order valence-corrected chi connectivity index (χ1v) is 11.9. The van der Waals surface area contributed by atoms with Gasteiger partial charge >= 0.3 is 5.97 Å². The second-order valence-electron chi connectivity index (χ2n) is 8.20. The first-order valence-electron chi connectivity index (χ1n) is 10.9. The molecule has 148 valence electrons. The minimum atomic E-state index is 0.0153. The molecular formula is C22H42O2S. The molecule has 0 heterocycles. The Morgan fingerprint density at radius 3 is 2.16 bits per heavy atom. The molecule has 0 N–H and O–H groups in total. The van der Waals surface area contributed by atoms with Crippen molar-refractivity contribution in [3.63, 3.8) is 0 Å². The van der Waals surface area contributed by atoms with E-state index in [-0.39, 0.29) is 12.1 Å². The molecule has 0 amide bonds. The van der Waals surface area contributed by atoms with E-state index in [1.54, 1.807) is 0 Å². The van der Waals surface area contributed by atoms with Crippen molar-refractivity contribution < 1.29 is 9.53 Å². The van der Waals surface area contributed by atoms with Crippen LogP contribution in [0.4, 0.5) is 0 Å². The van der Waals surface area contributed by atoms with Crippen molar-refractivity contribution in [2.24, 2.45) is 11.8 Å². The zero-order valence-electron chi connectivity index (χ0n) is 17.2. The van der Waals surface area contributed by atoms with Crippen LogP contribution in [0, 0.1) is 11.8 Å². The maximum Gasteiger partial charge on any atom is 0.307 e. The average molecular weight is 371 g/mol. The summed E-state index contributed by atoms with van der Waals surface area (Å²) >= 11 is 1.94. The fourth-order valence-electron chi connectivity index (χ4n) is 3.90. The minimum Gasteiger partial charge on any atom is -0.462 e. The summed E-state index contributed by atoms with van der Waals surface area (Å²) in [5.41, 5.74) is 0. The highest BCUT2D eigenvalue weighted by molar-refractivity contribution is 7.99. The van der Waals surface area contributed by atoms with Crippen LogP contribution in [0.25, 0.3) is 0 Å². The summed E-state index contributed by atoms with van der Waals surface area (Å²) < 4.78 is 5.83. The summed E-state index contributed by atoms with van der Waals surface area (Å²) in [6.45, 7) is 8.90. The van der Waals surface area contributed by atoms with Crippen LogP contribution >= 0.6 is 11.8 Å². The number of hydrogen-bond donors (Lipinski definition) is 0. The van der Waals surface area contributed by atoms with Crippen LogP contribution in [-0.2, 0) is 9.53 Å². The first kappa shape index (κ1) is 22.9. The second kappa shape index (κ2) is 13.9. The minimum absolute atomic E-state index is 0.0153. The van der Waals surface area contributed by atoms with Gasteiger partial charge in [-0.3, -0.25) is 4.79 Å². The molecule has 25 heavy (non-hydrogen) atoms. The number of hydrogen-bond acceptors (Lipinski definition) is 3. The van der Waals surface area contributed by atoms with Gasteiger partial charge in [-0.05, 0) is 36.9 Å². The van der Waals surface area contributed by atoms with Crippen LogP contribution < -0.4 is 0 Å². The van der Waals surface area contributed by atoms with Crippen molar-refractivity contribution in [1.82, 2.24) is 0 Å². The molecule has 0 bridgehead atoms. The van der Waals surface area contributed by atoms with Crippen molar-refractivity contribution in [3.8, 4) is 0 Å². The van der Waals surface area contributed by atoms with E-state index in [0.717, 1.165) is 0 Å². The molecule has 0 saturated heterocycles. The molecule has 1 aliphatic rings. The molecule has 3 atom stereocenters. The molecule has 1 aliphatic carbocycles. The smallest absolute Gasteiger partial charge is 0.307 e. The van der Waals surface area contributed by atoms with Crippen molar-refractivity contribution in [2.45, 2.75) is 116 Å². The first-order chi connectivity index (χ1) is 12.0. The predicted molar refractivity (Wildman–Crippen MR) is 111 cm³/mol. The lowest BCUT2D eigenvalue weighted by Gasteiger charge is -2.34. The molecule has 3 heteroatoms. The third-order valence-corrected chi connectivity index (χ3v) is 6.82. The van der Waals surface area contributed by atoms with Gasteiger partial charge in [0, 0.05) is 5.25 Å². The van der Waals surface area contributed by atoms with Gasteiger partial charge in [-0.15, -0.1) is 0 Å². The van der Waals surface area contributed by atoms with Crippen molar-refractivity contribution in [1.29, 1.82) is 0 Å². The maximum absolute atomic E-state index is 12.2. The summed E-state index contributed by atoms with van der Waals surface area (Å²) in [6, 6.07) is 0. The van der Waals surface area contributed by atoms with Gasteiger partial charge in [0.2, 0.25) is 0 Å². The summed E-state index contributed by atoms with van der Waals surface area (Å²) in [4.78, 5) is 12.2. The van der Waals surface area contributed by atoms with Crippen LogP contribution in [-0.4, -0.2) is 23.1 Å². The van der Waals surface area contributed by atoms with E-state index in [0.29, 0.717) is 23.5 Å². The lowest BCUT2D eigenvalue weighted by molar-refractivity contribution is -0.156. The molecule has 0 spiro atoms. The van der Waals surface area contributed by atoms with E-state index < -0.39 is 0 Å². The third-order valence-electron chi connectivity index (χ3n) is 5.56. The van der Waals surface area contributed by atoms with Gasteiger partial charge in [-0.2, -0.15) is 11.8 Å². The van der Waals surface area contributed by atoms with E-state index in [9.17, 15) is 4.79 Å². The van der Waals surface area contributed by atoms with Crippen LogP contribution in [0.1, 0.15) is 105 Å². The van der Waals surface area contributed by atoms with E-state index in [4.69, 9.17) is 4.74 Å². The molecule has 0 aromatic rings. The second-order valence-corrected chi connectivity index (χ2v) is 9.75. The standard InChI is InChI=1S/C22H42O2S/c1-5-6-7-8-9-10-11-12-16-25-20(4)17-21(23)24-22-18(2)14-13-15-19(22)3/h18-20,22H,5-17H2,1-4H3. The van der Waals surface area contributed by atoms with Gasteiger partial charge < -0.3 is 4.74 Å². The molecule has 1 fully saturated rings. The van der Waals surface area contributed by atoms with Gasteiger partial charge in [-0.25, -0.2) is 0 Å². The van der Waals surface area contributed by atoms with Gasteiger partial charge in [-0.1, -0.05) is 79.1 Å². The Morgan fingerprint density at radius 1 is 1.00 bits per heavy atom. The summed E-state index contributed by atoms with van der Waals surface area (Å²) in [5.74, 6) is 2.24. The monoisotopic (exact) mass is 370 g/mol. The summed E-state index contributed by atoms with van der Waals surface area (Å²) in [7, 11) is 0. The summed E-state index contributed by atoms with van der Waals surface area (Å²) in [6.07, 6.45) is 15.3. The van der Waals surface area contributed by atoms with Crippen LogP contribution in [0.3, 0.4) is 0 Å². The number of ether oxygens (including phenoxy) is 1. The average Bonchev–Trinajstić information content (AvgIpc) is 2.57. The fraction of sp³-hybridized carbons (Fsp3) is 0.955. The van der Waals surface area contributed by atoms with Crippen molar-refractivity contribution >= 4 is 17.7 Å². The largest absolute Gasteiger partial charge is 0.462 e. The molecule has 2 nitrogen and oxygen atoms in total. The van der Waals surface area contributed by atoms with Crippen molar-refractivity contribution in [2.75, 3.05) is 5.75 Å². The number of unbranched alkanes of at least 4 members (excludes halogenated alkanes) is 7. The van der Waals surface area contributed by atoms with Gasteiger partial charge in [0.1, 0.15) is 6.10 Å². The molecule has 0 aromatic heterocycles. The SMILES string of the molecule is CCCCCCCCCCSC(C)CC(=O)OC1C(C)CCCC1C. The predicted octanol–water partition coefficient (Wildman–Crippen LogP) is 7.01. The highest BCUT2D eigenvalue weighted by Gasteiger charge is 2.31. The Hall–Kier alpha value is -0.180. The van der Waals surface area contributed by atoms with E-state index in [1.807, 2.05) is 11.8 Å². The summed E-state index contributed by atoms with van der Waals surface area (Å²) in [5, 5.41) is 0.381. The lowest BCUT2D eigenvalue weighted by Crippen LogP contribution is -2.35. The molecular weight excluding hydrogens is 328 g/mol. The highest BCUT2D eigenvalue weighted by atomic mass is 32.2. The fourth-order valence-corrected chi connectivity index (χ4v) is 4.92. The van der Waals surface area contributed by atoms with E-state index in [1.165, 1.54) is 76.4 Å². The topological polar surface area (TPSA) is 26.3 Å². The number of carbonyl (C=O) groups excluding carboxylic acids is 1. The number of esters is 1. The lowest BCUT2D eigenvalue weighted by atomic mass is 9.80. The van der Waals surface area contributed by atoms with Crippen LogP contribution in [0.2, 0.25) is 0 Å². The van der Waals surface area contributed by atoms with Crippen LogP contribution in [0.15, 0.2) is 0 Å². The molecule has 1 saturated carbocycles. The third kappa shape index (κ3) is 10.5. The molecule has 0 aliphatic heterocycles. The Labute approximate surface area is 161 Å². The Kier molecular flexibility index (Phi) is 12.8. The zero-order valence-corrected chi connectivity index (χ0v) is 18.0. The molecule has 0 aromatic carbocycles. The van der Waals surface area contributed by atoms with Gasteiger partial charge in [0.25, 0.3) is 0 Å². The van der Waals surface area contributed by atoms with E-state index in [2.05, 4.69) is 27.7 Å². The van der Waals surface area contributed by atoms with Crippen LogP contribution in [0.5, 0.6) is 0 Å². The normalized spacial score (nSPS) is 24.9. The van der Waals surface area contributed by atoms with Gasteiger partial charge in [0.15, 0.2) is 0 Å². The number of rotatable bonds is 13. The van der Waals surface area contributed by atoms with Crippen molar-refractivity contribution in [3.05, 3.63) is 0 Å². The zero-order chi connectivity index (χ0) is 18.5. The Morgan fingerprint density at radius 2 is 1.56 bits per heavy atom. The molecule has 0 radical (unpaired) electrons. The van der Waals surface area contributed by atoms with Gasteiger partial charge in [0.05, 0.1) is 6.42 Å². The Balaban J connectivity index is 2.03. The number of thioether (sulfide) groups is 1. The quantitative estimate of drug-likeness (QED) is 0.258. The highest BCUT2D eigenvalue weighted by Crippen LogP contribution is 2.31.